The number of nitrogens with one attached hydrogen (secondary N) is 1. The summed E-state index contributed by atoms with van der Waals surface area (Å²) in [4.78, 5) is 8.37. The number of aliphatic imine (C=N–C) groups is 1. The average Bonchev–Trinajstić information content (AvgIpc) is 2.82. The van der Waals surface area contributed by atoms with Crippen LogP contribution in [-0.2, 0) is 0 Å². The second-order valence-electron chi connectivity index (χ2n) is 6.24. The molecule has 0 unspecified atom stereocenters. The fraction of sp³-hybridized carbons (Fsp3) is 0.263. The summed E-state index contributed by atoms with van der Waals surface area (Å²) < 4.78 is 52.8. The number of aromatic nitrogens is 1. The van der Waals surface area contributed by atoms with Crippen LogP contribution in [0.4, 0.5) is 10.1 Å². The van der Waals surface area contributed by atoms with Crippen molar-refractivity contribution in [2.45, 2.75) is 24.8 Å². The molecular formula is C19H21FN4O4S-2. The zero-order valence-electron chi connectivity index (χ0n) is 15.9. The van der Waals surface area contributed by atoms with E-state index in [1.165, 1.54) is 24.5 Å². The molecule has 0 amide bonds. The minimum absolute atomic E-state index is 0.0505. The number of nitrogens with two attached hydrogens (primary N) is 1. The summed E-state index contributed by atoms with van der Waals surface area (Å²) in [6.45, 7) is 4.14. The highest BCUT2D eigenvalue weighted by Gasteiger charge is 2.18. The molecule has 2 heterocycles. The Labute approximate surface area is 169 Å². The molecule has 1 aliphatic heterocycles. The number of sulfonamides is 1. The van der Waals surface area contributed by atoms with Gasteiger partial charge in [0.05, 0.1) is 40.7 Å². The summed E-state index contributed by atoms with van der Waals surface area (Å²) in [6, 6.07) is 4.72. The minimum atomic E-state index is -4.14. The molecule has 0 fully saturated rings. The van der Waals surface area contributed by atoms with Crippen LogP contribution in [0, 0.1) is 5.82 Å². The molecular weight excluding hydrogens is 399 g/mol. The Bertz CT molecular complexity index is 952. The van der Waals surface area contributed by atoms with E-state index in [-0.39, 0.29) is 29.0 Å². The lowest BCUT2D eigenvalue weighted by molar-refractivity contribution is 0.289. The second-order valence-corrected chi connectivity index (χ2v) is 7.89. The number of halogens is 1. The molecule has 3 rings (SSSR count). The summed E-state index contributed by atoms with van der Waals surface area (Å²) in [5.74, 6) is -0.330. The van der Waals surface area contributed by atoms with Gasteiger partial charge in [0.25, 0.3) is 0 Å². The van der Waals surface area contributed by atoms with Crippen molar-refractivity contribution in [2.24, 2.45) is 10.7 Å². The van der Waals surface area contributed by atoms with Gasteiger partial charge in [-0.15, -0.1) is 0 Å². The van der Waals surface area contributed by atoms with Gasteiger partial charge in [-0.2, -0.15) is 0 Å². The predicted octanol–water partition coefficient (Wildman–Crippen LogP) is 3.11. The molecule has 156 valence electrons. The lowest BCUT2D eigenvalue weighted by Crippen LogP contribution is -2.13. The van der Waals surface area contributed by atoms with Gasteiger partial charge in [-0.25, -0.2) is 9.37 Å². The van der Waals surface area contributed by atoms with Crippen molar-refractivity contribution in [1.29, 1.82) is 0 Å². The number of nitrogens with zero attached hydrogens (tertiary/aromatic N) is 2. The molecule has 29 heavy (non-hydrogen) atoms. The Kier molecular flexibility index (Phi) is 6.26. The van der Waals surface area contributed by atoms with E-state index in [1.807, 2.05) is 6.92 Å². The van der Waals surface area contributed by atoms with E-state index in [1.54, 1.807) is 13.0 Å². The Balaban J connectivity index is 1.98. The molecule has 1 atom stereocenters. The molecule has 0 saturated carbocycles. The average molecular weight is 420 g/mol. The molecule has 8 nitrogen and oxygen atoms in total. The highest BCUT2D eigenvalue weighted by atomic mass is 32.3. The van der Waals surface area contributed by atoms with E-state index in [0.717, 1.165) is 12.1 Å². The maximum absolute atomic E-state index is 13.7. The van der Waals surface area contributed by atoms with Gasteiger partial charge >= 0.3 is 0 Å². The van der Waals surface area contributed by atoms with Gasteiger partial charge in [-0.1, -0.05) is 0 Å². The normalized spacial score (nSPS) is 17.1. The maximum Gasteiger partial charge on any atom is 0.223 e. The number of rotatable bonds is 6. The van der Waals surface area contributed by atoms with Crippen LogP contribution in [0.2, 0.25) is 0 Å². The number of pyridine rings is 1. The molecule has 0 saturated heterocycles. The molecule has 10 heteroatoms. The van der Waals surface area contributed by atoms with E-state index >= 15 is 0 Å². The van der Waals surface area contributed by atoms with Gasteiger partial charge in [0, 0.05) is 0 Å². The van der Waals surface area contributed by atoms with Gasteiger partial charge in [-0.05, 0) is 50.4 Å². The fourth-order valence-corrected chi connectivity index (χ4v) is 3.94. The molecule has 1 aliphatic rings. The molecule has 0 bridgehead atoms. The molecule has 0 radical (unpaired) electrons. The first-order chi connectivity index (χ1) is 13.8. The number of fused-ring (bicyclic) bond motifs is 1. The lowest BCUT2D eigenvalue weighted by atomic mass is 10.1. The van der Waals surface area contributed by atoms with Crippen LogP contribution < -0.4 is 19.9 Å². The number of hydrogen-bond donors (Lipinski definition) is 2. The van der Waals surface area contributed by atoms with Crippen LogP contribution >= 0.6 is 10.8 Å². The smallest absolute Gasteiger partial charge is 0.223 e. The molecule has 3 N–H and O–H groups in total. The quantitative estimate of drug-likeness (QED) is 0.735. The third kappa shape index (κ3) is 4.78. The minimum Gasteiger partial charge on any atom is -0.779 e. The lowest BCUT2D eigenvalue weighted by Gasteiger charge is -2.60. The van der Waals surface area contributed by atoms with Gasteiger partial charge in [0.1, 0.15) is 18.2 Å². The largest absolute Gasteiger partial charge is 0.779 e. The van der Waals surface area contributed by atoms with Crippen LogP contribution in [0.1, 0.15) is 19.4 Å². The highest BCUT2D eigenvalue weighted by Crippen LogP contribution is 2.52. The van der Waals surface area contributed by atoms with E-state index in [2.05, 4.69) is 14.7 Å². The van der Waals surface area contributed by atoms with Gasteiger partial charge < -0.3 is 39.8 Å². The summed E-state index contributed by atoms with van der Waals surface area (Å²) in [5, 5.41) is 0. The molecule has 1 aromatic heterocycles. The van der Waals surface area contributed by atoms with E-state index in [4.69, 9.17) is 15.2 Å². The van der Waals surface area contributed by atoms with Crippen molar-refractivity contribution in [2.75, 3.05) is 17.9 Å². The number of ether oxygens (including phenoxy) is 2. The van der Waals surface area contributed by atoms with E-state index < -0.39 is 16.6 Å². The molecule has 2 aromatic rings. The Morgan fingerprint density at radius 2 is 2.21 bits per heavy atom. The van der Waals surface area contributed by atoms with Crippen LogP contribution in [0.15, 0.2) is 52.6 Å². The maximum atomic E-state index is 13.7. The first-order valence-corrected chi connectivity index (χ1v) is 10.4. The monoisotopic (exact) mass is 420 g/mol. The van der Waals surface area contributed by atoms with Crippen LogP contribution in [-0.4, -0.2) is 39.1 Å². The van der Waals surface area contributed by atoms with Gasteiger partial charge in [0.2, 0.25) is 5.88 Å². The van der Waals surface area contributed by atoms with Crippen LogP contribution in [0.25, 0.3) is 0 Å². The third-order valence-electron chi connectivity index (χ3n) is 3.95. The molecule has 0 spiro atoms. The zero-order chi connectivity index (χ0) is 21.0. The first kappa shape index (κ1) is 20.9. The Morgan fingerprint density at radius 1 is 1.41 bits per heavy atom. The van der Waals surface area contributed by atoms with Crippen molar-refractivity contribution in [3.05, 3.63) is 54.1 Å². The second kappa shape index (κ2) is 8.68. The van der Waals surface area contributed by atoms with Gasteiger partial charge in [0.15, 0.2) is 0 Å². The third-order valence-corrected chi connectivity index (χ3v) is 5.35. The number of anilines is 1. The summed E-state index contributed by atoms with van der Waals surface area (Å²) >= 11 is 0. The van der Waals surface area contributed by atoms with Crippen molar-refractivity contribution >= 4 is 22.2 Å². The summed E-state index contributed by atoms with van der Waals surface area (Å²) in [5.41, 5.74) is 6.67. The van der Waals surface area contributed by atoms with Crippen molar-refractivity contribution in [3.63, 3.8) is 0 Å². The van der Waals surface area contributed by atoms with E-state index in [0.29, 0.717) is 23.8 Å². The Morgan fingerprint density at radius 3 is 2.93 bits per heavy atom. The standard InChI is InChI=1S/C19H23FN4O4S/c1-3-27-17-5-4-13(20)8-18(17)29(25,26)24-14-9-15-16(6-7-21)23-12(2)11-28-19(15)22-10-14/h4-10,12,24-26H,3,11,21H2,1-2H3/p-2/t12-/m1/s1. The van der Waals surface area contributed by atoms with Crippen molar-refractivity contribution in [3.8, 4) is 11.6 Å². The number of benzene rings is 1. The van der Waals surface area contributed by atoms with Crippen LogP contribution in [0.3, 0.4) is 0 Å². The molecule has 0 aliphatic carbocycles. The number of allylic oxidation sites excluding steroid dienone is 1. The van der Waals surface area contributed by atoms with Crippen molar-refractivity contribution < 1.29 is 23.0 Å². The summed E-state index contributed by atoms with van der Waals surface area (Å²) in [7, 11) is -4.14. The predicted molar refractivity (Wildman–Crippen MR) is 108 cm³/mol. The van der Waals surface area contributed by atoms with Gasteiger partial charge in [-0.3, -0.25) is 4.99 Å². The summed E-state index contributed by atoms with van der Waals surface area (Å²) in [6.07, 6.45) is 4.23. The zero-order valence-corrected chi connectivity index (χ0v) is 16.7. The number of hydrogen-bond acceptors (Lipinski definition) is 8. The fourth-order valence-electron chi connectivity index (χ4n) is 2.75. The van der Waals surface area contributed by atoms with Crippen molar-refractivity contribution in [1.82, 2.24) is 4.98 Å². The highest BCUT2D eigenvalue weighted by molar-refractivity contribution is 8.25. The topological polar surface area (TPSA) is 128 Å². The molecule has 1 aromatic carbocycles. The Hall–Kier alpha value is -2.82. The van der Waals surface area contributed by atoms with Crippen LogP contribution in [0.5, 0.6) is 11.6 Å². The SMILES string of the molecule is CCOc1ccc(F)cc1S([O-])([O-])Nc1cnc2c(c1)C(C=CN)=N[C@H](C)CO2. The van der Waals surface area contributed by atoms with E-state index in [9.17, 15) is 13.5 Å². The first-order valence-electron chi connectivity index (χ1n) is 8.88.